The summed E-state index contributed by atoms with van der Waals surface area (Å²) in [5, 5.41) is 3.94. The van der Waals surface area contributed by atoms with Crippen molar-refractivity contribution in [2.45, 2.75) is 25.7 Å². The molecule has 1 saturated heterocycles. The summed E-state index contributed by atoms with van der Waals surface area (Å²) in [6.07, 6.45) is 4.91. The lowest BCUT2D eigenvalue weighted by molar-refractivity contribution is -0.135. The molecule has 0 radical (unpaired) electrons. The van der Waals surface area contributed by atoms with E-state index in [1.807, 2.05) is 18.2 Å². The van der Waals surface area contributed by atoms with E-state index in [2.05, 4.69) is 26.5 Å². The number of ether oxygens (including phenoxy) is 1. The van der Waals surface area contributed by atoms with Crippen LogP contribution in [0.4, 0.5) is 0 Å². The highest BCUT2D eigenvalue weighted by molar-refractivity contribution is 9.10. The van der Waals surface area contributed by atoms with Crippen molar-refractivity contribution in [3.05, 3.63) is 28.2 Å². The van der Waals surface area contributed by atoms with E-state index in [9.17, 15) is 9.59 Å². The Balaban J connectivity index is 1.91. The molecular weight excluding hydrogens is 362 g/mol. The zero-order valence-corrected chi connectivity index (χ0v) is 14.6. The molecule has 0 aliphatic carbocycles. The molecule has 1 fully saturated rings. The van der Waals surface area contributed by atoms with E-state index in [4.69, 9.17) is 4.74 Å². The molecule has 1 heterocycles. The van der Waals surface area contributed by atoms with Crippen LogP contribution in [0.25, 0.3) is 0 Å². The molecule has 2 amide bonds. The average molecular weight is 382 g/mol. The number of hydrazone groups is 1. The number of rotatable bonds is 5. The van der Waals surface area contributed by atoms with Gasteiger partial charge in [-0.1, -0.05) is 22.4 Å². The first kappa shape index (κ1) is 17.5. The van der Waals surface area contributed by atoms with Gasteiger partial charge in [-0.25, -0.2) is 5.43 Å². The fourth-order valence-electron chi connectivity index (χ4n) is 2.39. The highest BCUT2D eigenvalue weighted by Gasteiger charge is 2.18. The molecule has 0 bridgehead atoms. The molecule has 1 aliphatic rings. The molecule has 0 atom stereocenters. The van der Waals surface area contributed by atoms with E-state index in [0.717, 1.165) is 29.3 Å². The van der Waals surface area contributed by atoms with Crippen molar-refractivity contribution in [2.75, 3.05) is 20.2 Å². The van der Waals surface area contributed by atoms with Crippen LogP contribution in [0, 0.1) is 0 Å². The summed E-state index contributed by atoms with van der Waals surface area (Å²) in [7, 11) is 1.57. The molecule has 0 spiro atoms. The Morgan fingerprint density at radius 2 is 2.26 bits per heavy atom. The molecule has 0 unspecified atom stereocenters. The van der Waals surface area contributed by atoms with Crippen molar-refractivity contribution >= 4 is 34.0 Å². The minimum Gasteiger partial charge on any atom is -0.496 e. The molecule has 124 valence electrons. The number of nitrogens with one attached hydrogen (secondary N) is 1. The van der Waals surface area contributed by atoms with E-state index in [1.165, 1.54) is 6.21 Å². The summed E-state index contributed by atoms with van der Waals surface area (Å²) in [6.45, 7) is 0.682. The van der Waals surface area contributed by atoms with Crippen LogP contribution in [-0.2, 0) is 9.59 Å². The molecule has 6 nitrogen and oxygen atoms in total. The number of halogens is 1. The summed E-state index contributed by atoms with van der Waals surface area (Å²) >= 11 is 3.38. The summed E-state index contributed by atoms with van der Waals surface area (Å²) in [5.41, 5.74) is 3.20. The summed E-state index contributed by atoms with van der Waals surface area (Å²) in [6, 6.07) is 5.51. The minimum atomic E-state index is -0.300. The van der Waals surface area contributed by atoms with Crippen molar-refractivity contribution in [1.82, 2.24) is 10.3 Å². The van der Waals surface area contributed by atoms with Gasteiger partial charge in [-0.05, 0) is 31.0 Å². The van der Waals surface area contributed by atoms with Crippen molar-refractivity contribution in [3.8, 4) is 5.75 Å². The highest BCUT2D eigenvalue weighted by atomic mass is 79.9. The quantitative estimate of drug-likeness (QED) is 0.628. The Morgan fingerprint density at radius 3 is 3.04 bits per heavy atom. The van der Waals surface area contributed by atoms with Gasteiger partial charge in [-0.3, -0.25) is 9.59 Å². The standard InChI is InChI=1S/C16H20BrN3O3/c1-23-14-7-6-13(17)9-12(14)10-18-19-15(21)11-20-8-4-2-3-5-16(20)22/h6-7,9-10H,2-5,8,11H2,1H3,(H,19,21)/b18-10-. The van der Waals surface area contributed by atoms with E-state index < -0.39 is 0 Å². The number of benzene rings is 1. The number of likely N-dealkylation sites (tertiary alicyclic amines) is 1. The maximum atomic E-state index is 11.9. The lowest BCUT2D eigenvalue weighted by Gasteiger charge is -2.18. The highest BCUT2D eigenvalue weighted by Crippen LogP contribution is 2.21. The Labute approximate surface area is 144 Å². The van der Waals surface area contributed by atoms with E-state index in [0.29, 0.717) is 18.7 Å². The SMILES string of the molecule is COc1ccc(Br)cc1/C=N\NC(=O)CN1CCCCCC1=O. The van der Waals surface area contributed by atoms with Gasteiger partial charge < -0.3 is 9.64 Å². The van der Waals surface area contributed by atoms with Crippen LogP contribution in [0.2, 0.25) is 0 Å². The molecule has 0 saturated carbocycles. The van der Waals surface area contributed by atoms with E-state index in [-0.39, 0.29) is 18.4 Å². The molecule has 1 aromatic rings. The average Bonchev–Trinajstić information content (AvgIpc) is 2.72. The third-order valence-corrected chi connectivity index (χ3v) is 4.08. The van der Waals surface area contributed by atoms with Crippen molar-refractivity contribution in [1.29, 1.82) is 0 Å². The Kier molecular flexibility index (Phi) is 6.58. The van der Waals surface area contributed by atoms with Gasteiger partial charge in [-0.2, -0.15) is 5.10 Å². The second-order valence-corrected chi connectivity index (χ2v) is 6.22. The topological polar surface area (TPSA) is 71.0 Å². The molecule has 1 aliphatic heterocycles. The number of methoxy groups -OCH3 is 1. The minimum absolute atomic E-state index is 0.0373. The third kappa shape index (κ3) is 5.35. The van der Waals surface area contributed by atoms with Crippen LogP contribution in [0.5, 0.6) is 5.75 Å². The van der Waals surface area contributed by atoms with Crippen molar-refractivity contribution < 1.29 is 14.3 Å². The zero-order valence-electron chi connectivity index (χ0n) is 13.0. The lowest BCUT2D eigenvalue weighted by atomic mass is 10.2. The number of hydrogen-bond donors (Lipinski definition) is 1. The lowest BCUT2D eigenvalue weighted by Crippen LogP contribution is -2.39. The first-order chi connectivity index (χ1) is 11.1. The molecule has 7 heteroatoms. The van der Waals surface area contributed by atoms with Crippen LogP contribution >= 0.6 is 15.9 Å². The van der Waals surface area contributed by atoms with Gasteiger partial charge in [0.2, 0.25) is 5.91 Å². The second kappa shape index (κ2) is 8.67. The number of carbonyl (C=O) groups excluding carboxylic acids is 2. The van der Waals surface area contributed by atoms with Crippen LogP contribution in [0.1, 0.15) is 31.2 Å². The van der Waals surface area contributed by atoms with Gasteiger partial charge in [0.1, 0.15) is 12.3 Å². The smallest absolute Gasteiger partial charge is 0.259 e. The summed E-state index contributed by atoms with van der Waals surface area (Å²) in [5.74, 6) is 0.398. The van der Waals surface area contributed by atoms with Crippen LogP contribution in [0.15, 0.2) is 27.8 Å². The molecular formula is C16H20BrN3O3. The maximum absolute atomic E-state index is 11.9. The first-order valence-electron chi connectivity index (χ1n) is 7.53. The Morgan fingerprint density at radius 1 is 1.43 bits per heavy atom. The van der Waals surface area contributed by atoms with Crippen molar-refractivity contribution in [2.24, 2.45) is 5.10 Å². The predicted molar refractivity (Wildman–Crippen MR) is 91.5 cm³/mol. The maximum Gasteiger partial charge on any atom is 0.259 e. The number of nitrogens with zero attached hydrogens (tertiary/aromatic N) is 2. The summed E-state index contributed by atoms with van der Waals surface area (Å²) in [4.78, 5) is 25.4. The Hall–Kier alpha value is -1.89. The molecule has 1 N–H and O–H groups in total. The van der Waals surface area contributed by atoms with Gasteiger partial charge >= 0.3 is 0 Å². The Bertz CT molecular complexity index is 604. The van der Waals surface area contributed by atoms with Gasteiger partial charge in [0.15, 0.2) is 0 Å². The number of amides is 2. The fraction of sp³-hybridized carbons (Fsp3) is 0.438. The van der Waals surface area contributed by atoms with E-state index in [1.54, 1.807) is 12.0 Å². The largest absolute Gasteiger partial charge is 0.496 e. The molecule has 0 aromatic heterocycles. The van der Waals surface area contributed by atoms with E-state index >= 15 is 0 Å². The molecule has 1 aromatic carbocycles. The molecule has 2 rings (SSSR count). The normalized spacial score (nSPS) is 15.6. The predicted octanol–water partition coefficient (Wildman–Crippen LogP) is 2.31. The monoisotopic (exact) mass is 381 g/mol. The third-order valence-electron chi connectivity index (χ3n) is 3.59. The van der Waals surface area contributed by atoms with Gasteiger partial charge in [0, 0.05) is 23.0 Å². The zero-order chi connectivity index (χ0) is 16.7. The molecule has 23 heavy (non-hydrogen) atoms. The fourth-order valence-corrected chi connectivity index (χ4v) is 2.77. The van der Waals surface area contributed by atoms with Gasteiger partial charge in [0.25, 0.3) is 5.91 Å². The van der Waals surface area contributed by atoms with Crippen LogP contribution in [0.3, 0.4) is 0 Å². The van der Waals surface area contributed by atoms with Crippen LogP contribution < -0.4 is 10.2 Å². The second-order valence-electron chi connectivity index (χ2n) is 5.31. The van der Waals surface area contributed by atoms with Gasteiger partial charge in [0.05, 0.1) is 13.3 Å². The van der Waals surface area contributed by atoms with Gasteiger partial charge in [-0.15, -0.1) is 0 Å². The first-order valence-corrected chi connectivity index (χ1v) is 8.32. The van der Waals surface area contributed by atoms with Crippen LogP contribution in [-0.4, -0.2) is 43.1 Å². The van der Waals surface area contributed by atoms with Crippen molar-refractivity contribution in [3.63, 3.8) is 0 Å². The number of carbonyl (C=O) groups is 2. The number of hydrogen-bond acceptors (Lipinski definition) is 4. The summed E-state index contributed by atoms with van der Waals surface area (Å²) < 4.78 is 6.12.